The molecule has 2 aromatic rings. The van der Waals surface area contributed by atoms with Gasteiger partial charge in [-0.1, -0.05) is 6.07 Å². The number of ether oxygens (including phenoxy) is 2. The molecule has 0 aliphatic carbocycles. The smallest absolute Gasteiger partial charge is 0.407 e. The highest BCUT2D eigenvalue weighted by Gasteiger charge is 2.22. The molecule has 2 N–H and O–H groups in total. The van der Waals surface area contributed by atoms with E-state index < -0.39 is 11.7 Å². The molecule has 0 saturated carbocycles. The molecule has 1 aromatic heterocycles. The van der Waals surface area contributed by atoms with Crippen molar-refractivity contribution in [3.63, 3.8) is 0 Å². The summed E-state index contributed by atoms with van der Waals surface area (Å²) in [5.74, 6) is 0.884. The van der Waals surface area contributed by atoms with Crippen LogP contribution in [0, 0.1) is 0 Å². The molecule has 1 aromatic carbocycles. The molecule has 3 rings (SSSR count). The van der Waals surface area contributed by atoms with Gasteiger partial charge in [0.2, 0.25) is 0 Å². The van der Waals surface area contributed by atoms with Gasteiger partial charge in [-0.15, -0.1) is 0 Å². The number of amides is 1. The summed E-state index contributed by atoms with van der Waals surface area (Å²) in [6.07, 6.45) is 0.707. The molecular formula is C20H25N3O6. The van der Waals surface area contributed by atoms with Crippen molar-refractivity contribution in [2.45, 2.75) is 13.1 Å². The molecule has 9 nitrogen and oxygen atoms in total. The Morgan fingerprint density at radius 1 is 1.03 bits per heavy atom. The molecule has 1 saturated heterocycles. The van der Waals surface area contributed by atoms with Gasteiger partial charge >= 0.3 is 6.09 Å². The number of benzene rings is 1. The monoisotopic (exact) mass is 403 g/mol. The lowest BCUT2D eigenvalue weighted by atomic mass is 10.1. The van der Waals surface area contributed by atoms with Gasteiger partial charge in [-0.05, 0) is 18.2 Å². The maximum atomic E-state index is 12.7. The molecular weight excluding hydrogens is 378 g/mol. The summed E-state index contributed by atoms with van der Waals surface area (Å²) in [4.78, 5) is 27.1. The van der Waals surface area contributed by atoms with E-state index in [1.807, 2.05) is 4.90 Å². The van der Waals surface area contributed by atoms with E-state index in [4.69, 9.17) is 14.6 Å². The molecule has 2 heterocycles. The minimum atomic E-state index is -0.929. The van der Waals surface area contributed by atoms with Crippen LogP contribution in [0.3, 0.4) is 0 Å². The molecule has 1 fully saturated rings. The molecule has 0 unspecified atom stereocenters. The number of aromatic nitrogens is 1. The summed E-state index contributed by atoms with van der Waals surface area (Å²) >= 11 is 0. The number of carboxylic acid groups (broad SMARTS) is 1. The van der Waals surface area contributed by atoms with Crippen LogP contribution in [-0.4, -0.2) is 71.1 Å². The second-order valence-corrected chi connectivity index (χ2v) is 6.81. The molecule has 1 aliphatic heterocycles. The number of aromatic hydroxyl groups is 1. The largest absolute Gasteiger partial charge is 0.503 e. The van der Waals surface area contributed by atoms with Crippen molar-refractivity contribution in [3.05, 3.63) is 51.9 Å². The highest BCUT2D eigenvalue weighted by atomic mass is 16.5. The molecule has 29 heavy (non-hydrogen) atoms. The molecule has 0 atom stereocenters. The maximum absolute atomic E-state index is 12.7. The van der Waals surface area contributed by atoms with E-state index in [0.717, 1.165) is 0 Å². The minimum Gasteiger partial charge on any atom is -0.503 e. The van der Waals surface area contributed by atoms with Crippen molar-refractivity contribution in [2.24, 2.45) is 0 Å². The van der Waals surface area contributed by atoms with E-state index in [0.29, 0.717) is 55.3 Å². The van der Waals surface area contributed by atoms with Crippen molar-refractivity contribution in [2.75, 3.05) is 40.4 Å². The summed E-state index contributed by atoms with van der Waals surface area (Å²) in [5, 5.41) is 19.5. The number of hydrogen-bond acceptors (Lipinski definition) is 6. The Labute approximate surface area is 168 Å². The lowest BCUT2D eigenvalue weighted by molar-refractivity contribution is 0.102. The first-order valence-corrected chi connectivity index (χ1v) is 9.26. The number of hydrogen-bond donors (Lipinski definition) is 2. The predicted molar refractivity (Wildman–Crippen MR) is 106 cm³/mol. The Balaban J connectivity index is 1.77. The second-order valence-electron chi connectivity index (χ2n) is 6.81. The normalized spacial score (nSPS) is 14.6. The molecule has 1 aliphatic rings. The average Bonchev–Trinajstić information content (AvgIpc) is 2.73. The summed E-state index contributed by atoms with van der Waals surface area (Å²) in [7, 11) is 3.09. The average molecular weight is 403 g/mol. The van der Waals surface area contributed by atoms with Crippen LogP contribution in [0.1, 0.15) is 11.1 Å². The topological polar surface area (TPSA) is 104 Å². The number of nitrogens with zero attached hydrogens (tertiary/aromatic N) is 3. The van der Waals surface area contributed by atoms with Crippen molar-refractivity contribution in [1.29, 1.82) is 0 Å². The van der Waals surface area contributed by atoms with Gasteiger partial charge in [0.1, 0.15) is 11.5 Å². The molecule has 0 spiro atoms. The number of rotatable bonds is 6. The lowest BCUT2D eigenvalue weighted by Gasteiger charge is -2.33. The fourth-order valence-corrected chi connectivity index (χ4v) is 3.44. The van der Waals surface area contributed by atoms with Crippen molar-refractivity contribution >= 4 is 6.09 Å². The highest BCUT2D eigenvalue weighted by molar-refractivity contribution is 5.65. The quantitative estimate of drug-likeness (QED) is 0.752. The molecule has 9 heteroatoms. The van der Waals surface area contributed by atoms with Gasteiger partial charge in [-0.25, -0.2) is 4.79 Å². The van der Waals surface area contributed by atoms with E-state index in [1.165, 1.54) is 9.47 Å². The summed E-state index contributed by atoms with van der Waals surface area (Å²) in [6.45, 7) is 2.48. The van der Waals surface area contributed by atoms with Gasteiger partial charge in [-0.2, -0.15) is 0 Å². The Morgan fingerprint density at radius 2 is 1.66 bits per heavy atom. The Hall–Kier alpha value is -3.20. The van der Waals surface area contributed by atoms with E-state index >= 15 is 0 Å². The fourth-order valence-electron chi connectivity index (χ4n) is 3.44. The van der Waals surface area contributed by atoms with Crippen LogP contribution in [0.4, 0.5) is 4.79 Å². The van der Waals surface area contributed by atoms with Gasteiger partial charge in [-0.3, -0.25) is 9.69 Å². The van der Waals surface area contributed by atoms with Gasteiger partial charge in [0.15, 0.2) is 5.75 Å². The summed E-state index contributed by atoms with van der Waals surface area (Å²) in [5.41, 5.74) is 0.721. The third-order valence-corrected chi connectivity index (χ3v) is 5.12. The SMILES string of the molecule is COc1cccc(OC)c1Cn1ccc(CN2CCN(C(=O)O)CC2)c(O)c1=O. The second kappa shape index (κ2) is 8.87. The first-order valence-electron chi connectivity index (χ1n) is 9.26. The number of pyridine rings is 1. The summed E-state index contributed by atoms with van der Waals surface area (Å²) < 4.78 is 12.1. The van der Waals surface area contributed by atoms with Gasteiger partial charge in [0.05, 0.1) is 26.3 Å². The van der Waals surface area contributed by atoms with E-state index in [1.54, 1.807) is 44.7 Å². The molecule has 0 bridgehead atoms. The van der Waals surface area contributed by atoms with Crippen molar-refractivity contribution in [1.82, 2.24) is 14.4 Å². The van der Waals surface area contributed by atoms with Crippen molar-refractivity contribution < 1.29 is 24.5 Å². The lowest BCUT2D eigenvalue weighted by Crippen LogP contribution is -2.47. The van der Waals surface area contributed by atoms with Crippen LogP contribution in [0.5, 0.6) is 17.2 Å². The first-order chi connectivity index (χ1) is 13.9. The first kappa shape index (κ1) is 20.5. The highest BCUT2D eigenvalue weighted by Crippen LogP contribution is 2.29. The maximum Gasteiger partial charge on any atom is 0.407 e. The van der Waals surface area contributed by atoms with Crippen molar-refractivity contribution in [3.8, 4) is 17.2 Å². The van der Waals surface area contributed by atoms with Crippen LogP contribution >= 0.6 is 0 Å². The fraction of sp³-hybridized carbons (Fsp3) is 0.400. The minimum absolute atomic E-state index is 0.192. The summed E-state index contributed by atoms with van der Waals surface area (Å²) in [6, 6.07) is 7.08. The third-order valence-electron chi connectivity index (χ3n) is 5.12. The third kappa shape index (κ3) is 4.45. The Morgan fingerprint density at radius 3 is 2.21 bits per heavy atom. The standard InChI is InChI=1S/C20H25N3O6/c1-28-16-4-3-5-17(29-2)15(16)13-23-7-6-14(18(24)19(23)25)12-21-8-10-22(11-9-21)20(26)27/h3-7,24H,8-13H2,1-2H3,(H,26,27). The van der Waals surface area contributed by atoms with Gasteiger partial charge in [0.25, 0.3) is 5.56 Å². The predicted octanol–water partition coefficient (Wildman–Crippen LogP) is 1.41. The van der Waals surface area contributed by atoms with Crippen LogP contribution < -0.4 is 15.0 Å². The van der Waals surface area contributed by atoms with Gasteiger partial charge < -0.3 is 29.2 Å². The van der Waals surface area contributed by atoms with Crippen LogP contribution in [0.15, 0.2) is 35.3 Å². The zero-order valence-electron chi connectivity index (χ0n) is 16.5. The molecule has 156 valence electrons. The molecule has 1 amide bonds. The van der Waals surface area contributed by atoms with Gasteiger partial charge in [0, 0.05) is 44.5 Å². The van der Waals surface area contributed by atoms with Crippen LogP contribution in [0.2, 0.25) is 0 Å². The molecule has 0 radical (unpaired) electrons. The number of methoxy groups -OCH3 is 2. The zero-order chi connectivity index (χ0) is 21.0. The van der Waals surface area contributed by atoms with Crippen LogP contribution in [0.25, 0.3) is 0 Å². The van der Waals surface area contributed by atoms with E-state index in [9.17, 15) is 14.7 Å². The van der Waals surface area contributed by atoms with E-state index in [2.05, 4.69) is 0 Å². The Kier molecular flexibility index (Phi) is 6.28. The zero-order valence-corrected chi connectivity index (χ0v) is 16.5. The number of piperazine rings is 1. The number of carbonyl (C=O) groups is 1. The van der Waals surface area contributed by atoms with E-state index in [-0.39, 0.29) is 12.3 Å². The Bertz CT molecular complexity index is 912. The van der Waals surface area contributed by atoms with Crippen LogP contribution in [-0.2, 0) is 13.1 Å².